The summed E-state index contributed by atoms with van der Waals surface area (Å²) in [6, 6.07) is 22.6. The molecule has 1 saturated carbocycles. The lowest BCUT2D eigenvalue weighted by molar-refractivity contribution is 0.350. The van der Waals surface area contributed by atoms with Gasteiger partial charge in [0, 0.05) is 43.3 Å². The normalized spacial score (nSPS) is 19.8. The lowest BCUT2D eigenvalue weighted by atomic mass is 9.90. The van der Waals surface area contributed by atoms with Crippen LogP contribution in [0.5, 0.6) is 0 Å². The van der Waals surface area contributed by atoms with E-state index in [0.717, 1.165) is 17.9 Å². The highest BCUT2D eigenvalue weighted by molar-refractivity contribution is 5.93. The third kappa shape index (κ3) is 5.56. The van der Waals surface area contributed by atoms with Crippen LogP contribution in [0.4, 0.5) is 11.5 Å². The molecule has 1 aliphatic carbocycles. The maximum absolute atomic E-state index is 4.88. The van der Waals surface area contributed by atoms with Crippen LogP contribution in [0, 0.1) is 0 Å². The molecule has 164 valence electrons. The smallest absolute Gasteiger partial charge is 0.128 e. The highest BCUT2D eigenvalue weighted by atomic mass is 15.1. The van der Waals surface area contributed by atoms with Gasteiger partial charge in [-0.1, -0.05) is 55.5 Å². The van der Waals surface area contributed by atoms with Gasteiger partial charge in [-0.3, -0.25) is 0 Å². The maximum Gasteiger partial charge on any atom is 0.128 e. The van der Waals surface area contributed by atoms with Gasteiger partial charge in [-0.25, -0.2) is 4.98 Å². The molecule has 1 fully saturated rings. The van der Waals surface area contributed by atoms with Crippen LogP contribution in [0.15, 0.2) is 60.7 Å². The topological polar surface area (TPSA) is 40.2 Å². The summed E-state index contributed by atoms with van der Waals surface area (Å²) in [6.07, 6.45) is 6.03. The van der Waals surface area contributed by atoms with Gasteiger partial charge in [0.1, 0.15) is 5.82 Å². The van der Waals surface area contributed by atoms with E-state index in [1.165, 1.54) is 48.7 Å². The fraction of sp³-hybridized carbons (Fsp3) is 0.444. The number of nitrogens with one attached hydrogen (secondary N) is 2. The Kier molecular flexibility index (Phi) is 7.08. The molecule has 0 saturated heterocycles. The average Bonchev–Trinajstić information content (AvgIpc) is 2.80. The molecule has 1 unspecified atom stereocenters. The Labute approximate surface area is 187 Å². The number of hydrogen-bond acceptors (Lipinski definition) is 4. The Balaban J connectivity index is 1.27. The van der Waals surface area contributed by atoms with Gasteiger partial charge < -0.3 is 15.5 Å². The van der Waals surface area contributed by atoms with Gasteiger partial charge in [0.15, 0.2) is 0 Å². The second-order valence-corrected chi connectivity index (χ2v) is 9.19. The van der Waals surface area contributed by atoms with Crippen molar-refractivity contribution in [3.05, 3.63) is 66.2 Å². The molecule has 31 heavy (non-hydrogen) atoms. The van der Waals surface area contributed by atoms with Crippen LogP contribution < -0.4 is 15.5 Å². The molecule has 3 aromatic rings. The summed E-state index contributed by atoms with van der Waals surface area (Å²) in [5, 5.41) is 8.73. The number of aromatic nitrogens is 1. The summed E-state index contributed by atoms with van der Waals surface area (Å²) >= 11 is 0. The van der Waals surface area contributed by atoms with Crippen LogP contribution in [0.1, 0.15) is 50.5 Å². The van der Waals surface area contributed by atoms with Gasteiger partial charge in [-0.15, -0.1) is 0 Å². The molecular weight excluding hydrogens is 380 g/mol. The lowest BCUT2D eigenvalue weighted by Gasteiger charge is -2.30. The summed E-state index contributed by atoms with van der Waals surface area (Å²) in [6.45, 7) is 3.42. The Morgan fingerprint density at radius 3 is 2.35 bits per heavy atom. The van der Waals surface area contributed by atoms with Crippen molar-refractivity contribution in [2.24, 2.45) is 0 Å². The summed E-state index contributed by atoms with van der Waals surface area (Å²) in [4.78, 5) is 7.05. The quantitative estimate of drug-likeness (QED) is 0.486. The van der Waals surface area contributed by atoms with E-state index in [9.17, 15) is 0 Å². The molecule has 2 aromatic carbocycles. The zero-order valence-corrected chi connectivity index (χ0v) is 19.1. The van der Waals surface area contributed by atoms with Crippen molar-refractivity contribution in [1.82, 2.24) is 10.3 Å². The molecule has 2 N–H and O–H groups in total. The molecule has 4 heteroatoms. The summed E-state index contributed by atoms with van der Waals surface area (Å²) in [5.41, 5.74) is 3.72. The molecule has 1 aliphatic rings. The summed E-state index contributed by atoms with van der Waals surface area (Å²) < 4.78 is 0. The second-order valence-electron chi connectivity index (χ2n) is 9.19. The van der Waals surface area contributed by atoms with Gasteiger partial charge in [0.2, 0.25) is 0 Å². The van der Waals surface area contributed by atoms with Gasteiger partial charge in [0.25, 0.3) is 0 Å². The molecule has 1 atom stereocenters. The maximum atomic E-state index is 4.88. The fourth-order valence-corrected chi connectivity index (χ4v) is 4.70. The largest absolute Gasteiger partial charge is 0.377 e. The van der Waals surface area contributed by atoms with Crippen molar-refractivity contribution < 1.29 is 0 Å². The highest BCUT2D eigenvalue weighted by Gasteiger charge is 2.21. The zero-order valence-electron chi connectivity index (χ0n) is 19.1. The second kappa shape index (κ2) is 10.1. The molecule has 0 amide bonds. The minimum atomic E-state index is 0.505. The number of benzene rings is 2. The van der Waals surface area contributed by atoms with Crippen LogP contribution in [-0.4, -0.2) is 37.7 Å². The first-order valence-electron chi connectivity index (χ1n) is 11.7. The fourth-order valence-electron chi connectivity index (χ4n) is 4.70. The Morgan fingerprint density at radius 1 is 0.935 bits per heavy atom. The number of pyridine rings is 1. The average molecular weight is 417 g/mol. The molecule has 0 bridgehead atoms. The van der Waals surface area contributed by atoms with Gasteiger partial charge in [0.05, 0.1) is 5.52 Å². The van der Waals surface area contributed by atoms with Crippen LogP contribution in [0.25, 0.3) is 10.9 Å². The van der Waals surface area contributed by atoms with E-state index < -0.39 is 0 Å². The first kappa shape index (κ1) is 21.6. The first-order valence-corrected chi connectivity index (χ1v) is 11.7. The summed E-state index contributed by atoms with van der Waals surface area (Å²) in [5.74, 6) is 1.60. The molecule has 0 aliphatic heterocycles. The summed E-state index contributed by atoms with van der Waals surface area (Å²) in [7, 11) is 4.20. The van der Waals surface area contributed by atoms with Crippen LogP contribution in [0.3, 0.4) is 0 Å². The minimum Gasteiger partial charge on any atom is -0.377 e. The standard InChI is InChI=1S/C27H36N4/c1-20(21-9-5-4-6-10-21)17-18-28-22-13-15-23(16-14-22)29-27-19-26(31(2)3)24-11-7-8-12-25(24)30-27/h4-12,19-20,22-23,28H,13-18H2,1-3H3,(H,29,30)/t20?,22-,23+. The van der Waals surface area contributed by atoms with Crippen LogP contribution in [-0.2, 0) is 0 Å². The third-order valence-corrected chi connectivity index (χ3v) is 6.63. The molecular formula is C27H36N4. The van der Waals surface area contributed by atoms with Crippen molar-refractivity contribution in [3.63, 3.8) is 0 Å². The predicted molar refractivity (Wildman–Crippen MR) is 133 cm³/mol. The van der Waals surface area contributed by atoms with Crippen molar-refractivity contribution in [2.45, 2.75) is 57.0 Å². The first-order chi connectivity index (χ1) is 15.1. The van der Waals surface area contributed by atoms with Gasteiger partial charge in [-0.2, -0.15) is 0 Å². The number of nitrogens with zero attached hydrogens (tertiary/aromatic N) is 2. The van der Waals surface area contributed by atoms with E-state index in [1.54, 1.807) is 0 Å². The number of anilines is 2. The van der Waals surface area contributed by atoms with E-state index in [4.69, 9.17) is 4.98 Å². The van der Waals surface area contributed by atoms with E-state index in [2.05, 4.69) is 97.2 Å². The molecule has 0 radical (unpaired) electrons. The molecule has 1 aromatic heterocycles. The molecule has 0 spiro atoms. The van der Waals surface area contributed by atoms with E-state index >= 15 is 0 Å². The van der Waals surface area contributed by atoms with E-state index in [-0.39, 0.29) is 0 Å². The molecule has 4 nitrogen and oxygen atoms in total. The van der Waals surface area contributed by atoms with Crippen molar-refractivity contribution in [1.29, 1.82) is 0 Å². The zero-order chi connectivity index (χ0) is 21.6. The third-order valence-electron chi connectivity index (χ3n) is 6.63. The number of para-hydroxylation sites is 1. The van der Waals surface area contributed by atoms with E-state index in [1.807, 2.05) is 0 Å². The SMILES string of the molecule is CC(CCN[C@H]1CC[C@@H](Nc2cc(N(C)C)c3ccccc3n2)CC1)c1ccccc1. The number of rotatable bonds is 8. The monoisotopic (exact) mass is 416 g/mol. The molecule has 1 heterocycles. The molecule has 4 rings (SSSR count). The number of hydrogen-bond donors (Lipinski definition) is 2. The van der Waals surface area contributed by atoms with Gasteiger partial charge >= 0.3 is 0 Å². The minimum absolute atomic E-state index is 0.505. The van der Waals surface area contributed by atoms with Crippen molar-refractivity contribution in [2.75, 3.05) is 30.9 Å². The van der Waals surface area contributed by atoms with Crippen molar-refractivity contribution >= 4 is 22.4 Å². The Bertz CT molecular complexity index is 961. The van der Waals surface area contributed by atoms with Crippen LogP contribution in [0.2, 0.25) is 0 Å². The lowest BCUT2D eigenvalue weighted by Crippen LogP contribution is -2.37. The van der Waals surface area contributed by atoms with Gasteiger partial charge in [-0.05, 0) is 56.2 Å². The number of fused-ring (bicyclic) bond motifs is 1. The highest BCUT2D eigenvalue weighted by Crippen LogP contribution is 2.29. The van der Waals surface area contributed by atoms with E-state index in [0.29, 0.717) is 18.0 Å². The van der Waals surface area contributed by atoms with Crippen molar-refractivity contribution in [3.8, 4) is 0 Å². The Hall–Kier alpha value is -2.59. The van der Waals surface area contributed by atoms with Crippen LogP contribution >= 0.6 is 0 Å². The Morgan fingerprint density at radius 2 is 1.61 bits per heavy atom. The predicted octanol–water partition coefficient (Wildman–Crippen LogP) is 5.81.